The Hall–Kier alpha value is -0.600. The molecule has 0 aromatic carbocycles. The molecule has 0 radical (unpaired) electrons. The molecule has 2 nitrogen and oxygen atoms in total. The molecule has 0 bridgehead atoms. The van der Waals surface area contributed by atoms with E-state index in [9.17, 15) is 0 Å². The minimum atomic E-state index is 0.374. The fourth-order valence-electron chi connectivity index (χ4n) is 3.86. The third-order valence-corrected chi connectivity index (χ3v) is 5.00. The third kappa shape index (κ3) is 3.29. The van der Waals surface area contributed by atoms with Crippen molar-refractivity contribution in [1.29, 1.82) is 0 Å². The lowest BCUT2D eigenvalue weighted by Crippen LogP contribution is -2.25. The lowest BCUT2D eigenvalue weighted by molar-refractivity contribution is 0.0478. The van der Waals surface area contributed by atoms with Gasteiger partial charge in [-0.25, -0.2) is 0 Å². The molecule has 0 aromatic heterocycles. The van der Waals surface area contributed by atoms with E-state index in [0.717, 1.165) is 24.9 Å². The van der Waals surface area contributed by atoms with Crippen molar-refractivity contribution in [3.63, 3.8) is 0 Å². The average molecular weight is 261 g/mol. The Kier molecular flexibility index (Phi) is 4.39. The summed E-state index contributed by atoms with van der Waals surface area (Å²) in [5.74, 6) is 1.56. The van der Waals surface area contributed by atoms with Gasteiger partial charge in [-0.2, -0.15) is 0 Å². The second-order valence-corrected chi connectivity index (χ2v) is 6.55. The second kappa shape index (κ2) is 6.23. The molecule has 0 amide bonds. The summed E-state index contributed by atoms with van der Waals surface area (Å²) in [6, 6.07) is 0. The Morgan fingerprint density at radius 2 is 2.11 bits per heavy atom. The molecule has 3 aliphatic rings. The van der Waals surface area contributed by atoms with Crippen molar-refractivity contribution in [2.75, 3.05) is 26.7 Å². The van der Waals surface area contributed by atoms with E-state index in [1.165, 1.54) is 45.2 Å². The van der Waals surface area contributed by atoms with Crippen LogP contribution in [0.1, 0.15) is 38.5 Å². The quantitative estimate of drug-likeness (QED) is 0.769. The SMILES string of the molecule is CN1CCC(COC2CC=CC=C2C2CCCC2)C1. The van der Waals surface area contributed by atoms with Crippen LogP contribution in [0.3, 0.4) is 0 Å². The second-order valence-electron chi connectivity index (χ2n) is 6.55. The number of ether oxygens (including phenoxy) is 1. The smallest absolute Gasteiger partial charge is 0.0825 e. The summed E-state index contributed by atoms with van der Waals surface area (Å²) >= 11 is 0. The lowest BCUT2D eigenvalue weighted by atomic mass is 9.88. The van der Waals surface area contributed by atoms with Gasteiger partial charge in [-0.3, -0.25) is 0 Å². The molecule has 1 saturated heterocycles. The van der Waals surface area contributed by atoms with Crippen LogP contribution in [-0.2, 0) is 4.74 Å². The first-order chi connectivity index (χ1) is 9.33. The van der Waals surface area contributed by atoms with Crippen LogP contribution in [-0.4, -0.2) is 37.7 Å². The first-order valence-electron chi connectivity index (χ1n) is 7.99. The lowest BCUT2D eigenvalue weighted by Gasteiger charge is -2.27. The summed E-state index contributed by atoms with van der Waals surface area (Å²) in [6.07, 6.45) is 15.2. The van der Waals surface area contributed by atoms with Crippen LogP contribution in [0.25, 0.3) is 0 Å². The van der Waals surface area contributed by atoms with Crippen molar-refractivity contribution in [1.82, 2.24) is 4.90 Å². The molecule has 2 heteroatoms. The van der Waals surface area contributed by atoms with E-state index < -0.39 is 0 Å². The molecular weight excluding hydrogens is 234 g/mol. The molecule has 3 rings (SSSR count). The molecular formula is C17H27NO. The van der Waals surface area contributed by atoms with Gasteiger partial charge in [0.1, 0.15) is 0 Å². The molecule has 0 N–H and O–H groups in total. The van der Waals surface area contributed by atoms with E-state index in [0.29, 0.717) is 6.10 Å². The zero-order valence-electron chi connectivity index (χ0n) is 12.2. The van der Waals surface area contributed by atoms with Gasteiger partial charge in [0.15, 0.2) is 0 Å². The van der Waals surface area contributed by atoms with Crippen molar-refractivity contribution in [3.05, 3.63) is 23.8 Å². The first kappa shape index (κ1) is 13.4. The Morgan fingerprint density at radius 3 is 2.84 bits per heavy atom. The monoisotopic (exact) mass is 261 g/mol. The molecule has 19 heavy (non-hydrogen) atoms. The highest BCUT2D eigenvalue weighted by atomic mass is 16.5. The van der Waals surface area contributed by atoms with Gasteiger partial charge in [0, 0.05) is 6.54 Å². The van der Waals surface area contributed by atoms with E-state index in [4.69, 9.17) is 4.74 Å². The van der Waals surface area contributed by atoms with Crippen molar-refractivity contribution in [2.24, 2.45) is 11.8 Å². The number of rotatable bonds is 4. The number of hydrogen-bond donors (Lipinski definition) is 0. The summed E-state index contributed by atoms with van der Waals surface area (Å²) in [5, 5.41) is 0. The van der Waals surface area contributed by atoms with Gasteiger partial charge in [-0.1, -0.05) is 31.1 Å². The van der Waals surface area contributed by atoms with Crippen LogP contribution in [0, 0.1) is 11.8 Å². The van der Waals surface area contributed by atoms with E-state index >= 15 is 0 Å². The van der Waals surface area contributed by atoms with Crippen LogP contribution in [0.4, 0.5) is 0 Å². The van der Waals surface area contributed by atoms with Crippen LogP contribution in [0.5, 0.6) is 0 Å². The summed E-state index contributed by atoms with van der Waals surface area (Å²) in [6.45, 7) is 3.40. The maximum Gasteiger partial charge on any atom is 0.0825 e. The van der Waals surface area contributed by atoms with Gasteiger partial charge in [-0.15, -0.1) is 0 Å². The van der Waals surface area contributed by atoms with Crippen LogP contribution in [0.15, 0.2) is 23.8 Å². The van der Waals surface area contributed by atoms with Gasteiger partial charge >= 0.3 is 0 Å². The standard InChI is InChI=1S/C17H27NO/c1-18-11-10-14(12-18)13-19-17-9-5-4-8-16(17)15-6-2-3-7-15/h4-5,8,14-15,17H,2-3,6-7,9-13H2,1H3. The zero-order chi connectivity index (χ0) is 13.1. The maximum absolute atomic E-state index is 6.29. The van der Waals surface area contributed by atoms with Gasteiger partial charge in [-0.05, 0) is 56.7 Å². The van der Waals surface area contributed by atoms with E-state index in [2.05, 4.69) is 30.2 Å². The molecule has 1 aliphatic heterocycles. The Bertz CT molecular complexity index is 354. The maximum atomic E-state index is 6.29. The summed E-state index contributed by atoms with van der Waals surface area (Å²) in [4.78, 5) is 2.42. The minimum Gasteiger partial charge on any atom is -0.373 e. The topological polar surface area (TPSA) is 12.5 Å². The Balaban J connectivity index is 1.54. The highest BCUT2D eigenvalue weighted by Gasteiger charge is 2.28. The van der Waals surface area contributed by atoms with Crippen molar-refractivity contribution < 1.29 is 4.74 Å². The molecule has 2 fully saturated rings. The van der Waals surface area contributed by atoms with Crippen molar-refractivity contribution in [3.8, 4) is 0 Å². The zero-order valence-corrected chi connectivity index (χ0v) is 12.2. The van der Waals surface area contributed by atoms with Crippen LogP contribution in [0.2, 0.25) is 0 Å². The predicted molar refractivity (Wildman–Crippen MR) is 79.1 cm³/mol. The number of hydrogen-bond acceptors (Lipinski definition) is 2. The van der Waals surface area contributed by atoms with E-state index in [1.54, 1.807) is 5.57 Å². The normalized spacial score (nSPS) is 33.0. The highest BCUT2D eigenvalue weighted by molar-refractivity contribution is 5.25. The Morgan fingerprint density at radius 1 is 1.26 bits per heavy atom. The van der Waals surface area contributed by atoms with Crippen LogP contribution < -0.4 is 0 Å². The molecule has 1 saturated carbocycles. The molecule has 2 unspecified atom stereocenters. The number of allylic oxidation sites excluding steroid dienone is 2. The van der Waals surface area contributed by atoms with E-state index in [-0.39, 0.29) is 0 Å². The van der Waals surface area contributed by atoms with Gasteiger partial charge in [0.2, 0.25) is 0 Å². The molecule has 2 atom stereocenters. The molecule has 0 aromatic rings. The van der Waals surface area contributed by atoms with Gasteiger partial charge in [0.05, 0.1) is 12.7 Å². The summed E-state index contributed by atoms with van der Waals surface area (Å²) in [7, 11) is 2.22. The summed E-state index contributed by atoms with van der Waals surface area (Å²) in [5.41, 5.74) is 1.59. The highest BCUT2D eigenvalue weighted by Crippen LogP contribution is 2.36. The molecule has 0 spiro atoms. The fraction of sp³-hybridized carbons (Fsp3) is 0.765. The number of likely N-dealkylation sites (tertiary alicyclic amines) is 1. The summed E-state index contributed by atoms with van der Waals surface area (Å²) < 4.78 is 6.29. The van der Waals surface area contributed by atoms with Crippen LogP contribution >= 0.6 is 0 Å². The largest absolute Gasteiger partial charge is 0.373 e. The minimum absolute atomic E-state index is 0.374. The number of nitrogens with zero attached hydrogens (tertiary/aromatic N) is 1. The fourth-order valence-corrected chi connectivity index (χ4v) is 3.86. The van der Waals surface area contributed by atoms with Crippen molar-refractivity contribution in [2.45, 2.75) is 44.6 Å². The third-order valence-electron chi connectivity index (χ3n) is 5.00. The molecule has 106 valence electrons. The predicted octanol–water partition coefficient (Wildman–Crippen LogP) is 3.40. The van der Waals surface area contributed by atoms with Gasteiger partial charge < -0.3 is 9.64 Å². The van der Waals surface area contributed by atoms with Gasteiger partial charge in [0.25, 0.3) is 0 Å². The first-order valence-corrected chi connectivity index (χ1v) is 7.99. The van der Waals surface area contributed by atoms with Crippen molar-refractivity contribution >= 4 is 0 Å². The molecule has 2 aliphatic carbocycles. The Labute approximate surface area is 117 Å². The average Bonchev–Trinajstić information content (AvgIpc) is 3.08. The molecule has 1 heterocycles. The van der Waals surface area contributed by atoms with E-state index in [1.807, 2.05) is 0 Å².